The van der Waals surface area contributed by atoms with Gasteiger partial charge in [0.05, 0.1) is 24.9 Å². The minimum absolute atomic E-state index is 0.231. The summed E-state index contributed by atoms with van der Waals surface area (Å²) in [5, 5.41) is 0. The lowest BCUT2D eigenvalue weighted by atomic mass is 9.83. The van der Waals surface area contributed by atoms with E-state index in [0.717, 1.165) is 6.61 Å². The zero-order chi connectivity index (χ0) is 10.6. The third-order valence-electron chi connectivity index (χ3n) is 3.67. The summed E-state index contributed by atoms with van der Waals surface area (Å²) in [6, 6.07) is 0. The van der Waals surface area contributed by atoms with E-state index in [9.17, 15) is 0 Å². The van der Waals surface area contributed by atoms with Crippen LogP contribution in [0.25, 0.3) is 0 Å². The van der Waals surface area contributed by atoms with Gasteiger partial charge in [0.25, 0.3) is 0 Å². The Hall–Kier alpha value is -0.120. The Labute approximate surface area is 92.3 Å². The molecule has 2 rings (SSSR count). The summed E-state index contributed by atoms with van der Waals surface area (Å²) in [5.41, 5.74) is 5.61. The second kappa shape index (κ2) is 5.28. The fraction of sp³-hybridized carbons (Fsp3) is 1.00. The maximum absolute atomic E-state index is 6.17. The van der Waals surface area contributed by atoms with Crippen molar-refractivity contribution in [2.45, 2.75) is 56.7 Å². The van der Waals surface area contributed by atoms with Crippen LogP contribution >= 0.6 is 0 Å². The van der Waals surface area contributed by atoms with E-state index in [2.05, 4.69) is 0 Å². The Morgan fingerprint density at radius 1 is 1.20 bits per heavy atom. The number of nitrogens with two attached hydrogens (primary N) is 1. The van der Waals surface area contributed by atoms with E-state index in [1.807, 2.05) is 0 Å². The summed E-state index contributed by atoms with van der Waals surface area (Å²) < 4.78 is 11.6. The molecule has 2 N–H and O–H groups in total. The molecule has 88 valence electrons. The molecule has 2 aliphatic rings. The lowest BCUT2D eigenvalue weighted by molar-refractivity contribution is -0.0872. The van der Waals surface area contributed by atoms with Crippen molar-refractivity contribution in [1.82, 2.24) is 0 Å². The van der Waals surface area contributed by atoms with Gasteiger partial charge in [-0.3, -0.25) is 0 Å². The summed E-state index contributed by atoms with van der Waals surface area (Å²) in [4.78, 5) is 0. The second-order valence-corrected chi connectivity index (χ2v) is 4.89. The fourth-order valence-electron chi connectivity index (χ4n) is 2.87. The first-order chi connectivity index (χ1) is 7.35. The molecule has 1 atom stereocenters. The standard InChI is InChI=1S/C12H23NO2/c13-8-9-14-10-11-4-7-12(15-11)5-2-1-3-6-12/h11H,1-10,13H2. The number of hydrogen-bond acceptors (Lipinski definition) is 3. The molecule has 1 spiro atoms. The summed E-state index contributed by atoms with van der Waals surface area (Å²) in [7, 11) is 0. The first-order valence-corrected chi connectivity index (χ1v) is 6.30. The van der Waals surface area contributed by atoms with Crippen molar-refractivity contribution in [2.75, 3.05) is 19.8 Å². The highest BCUT2D eigenvalue weighted by molar-refractivity contribution is 4.91. The molecule has 0 bridgehead atoms. The molecule has 0 radical (unpaired) electrons. The average Bonchev–Trinajstić information content (AvgIpc) is 2.63. The Kier molecular flexibility index (Phi) is 4.00. The molecule has 3 heteroatoms. The molecule has 1 aliphatic carbocycles. The van der Waals surface area contributed by atoms with Gasteiger partial charge in [-0.25, -0.2) is 0 Å². The monoisotopic (exact) mass is 213 g/mol. The van der Waals surface area contributed by atoms with Crippen LogP contribution in [0.15, 0.2) is 0 Å². The molecule has 1 saturated heterocycles. The Balaban J connectivity index is 1.73. The summed E-state index contributed by atoms with van der Waals surface area (Å²) >= 11 is 0. The van der Waals surface area contributed by atoms with Crippen LogP contribution < -0.4 is 5.73 Å². The van der Waals surface area contributed by atoms with E-state index >= 15 is 0 Å². The predicted octanol–water partition coefficient (Wildman–Crippen LogP) is 1.84. The Bertz CT molecular complexity index is 188. The molecule has 0 amide bonds. The molecular weight excluding hydrogens is 190 g/mol. The molecule has 3 nitrogen and oxygen atoms in total. The normalized spacial score (nSPS) is 29.8. The molecule has 1 unspecified atom stereocenters. The van der Waals surface area contributed by atoms with Crippen LogP contribution in [0.2, 0.25) is 0 Å². The zero-order valence-electron chi connectivity index (χ0n) is 9.54. The van der Waals surface area contributed by atoms with E-state index in [1.165, 1.54) is 44.9 Å². The molecule has 1 aliphatic heterocycles. The van der Waals surface area contributed by atoms with Crippen LogP contribution in [-0.2, 0) is 9.47 Å². The zero-order valence-corrected chi connectivity index (χ0v) is 9.54. The lowest BCUT2D eigenvalue weighted by Gasteiger charge is -2.33. The maximum atomic E-state index is 6.17. The summed E-state index contributed by atoms with van der Waals surface area (Å²) in [6.07, 6.45) is 9.34. The third-order valence-corrected chi connectivity index (χ3v) is 3.67. The highest BCUT2D eigenvalue weighted by atomic mass is 16.6. The molecule has 0 aromatic heterocycles. The first-order valence-electron chi connectivity index (χ1n) is 6.30. The predicted molar refractivity (Wildman–Crippen MR) is 59.8 cm³/mol. The van der Waals surface area contributed by atoms with Gasteiger partial charge in [-0.2, -0.15) is 0 Å². The van der Waals surface area contributed by atoms with E-state index in [1.54, 1.807) is 0 Å². The smallest absolute Gasteiger partial charge is 0.0817 e. The van der Waals surface area contributed by atoms with Crippen molar-refractivity contribution in [3.63, 3.8) is 0 Å². The van der Waals surface area contributed by atoms with Crippen molar-refractivity contribution in [2.24, 2.45) is 5.73 Å². The molecule has 2 fully saturated rings. The van der Waals surface area contributed by atoms with Crippen LogP contribution in [0, 0.1) is 0 Å². The molecule has 15 heavy (non-hydrogen) atoms. The van der Waals surface area contributed by atoms with Gasteiger partial charge in [-0.1, -0.05) is 19.3 Å². The van der Waals surface area contributed by atoms with Crippen molar-refractivity contribution in [3.8, 4) is 0 Å². The van der Waals surface area contributed by atoms with E-state index in [4.69, 9.17) is 15.2 Å². The van der Waals surface area contributed by atoms with Crippen LogP contribution in [0.4, 0.5) is 0 Å². The Morgan fingerprint density at radius 2 is 2.00 bits per heavy atom. The fourth-order valence-corrected chi connectivity index (χ4v) is 2.87. The summed E-state index contributed by atoms with van der Waals surface area (Å²) in [6.45, 7) is 2.00. The van der Waals surface area contributed by atoms with Gasteiger partial charge < -0.3 is 15.2 Å². The minimum atomic E-state index is 0.231. The third kappa shape index (κ3) is 2.92. The number of hydrogen-bond donors (Lipinski definition) is 1. The first kappa shape index (κ1) is 11.4. The average molecular weight is 213 g/mol. The van der Waals surface area contributed by atoms with Crippen molar-refractivity contribution in [1.29, 1.82) is 0 Å². The van der Waals surface area contributed by atoms with E-state index in [-0.39, 0.29) is 5.60 Å². The quantitative estimate of drug-likeness (QED) is 0.725. The van der Waals surface area contributed by atoms with Gasteiger partial charge in [-0.05, 0) is 25.7 Å². The number of ether oxygens (including phenoxy) is 2. The van der Waals surface area contributed by atoms with Gasteiger partial charge in [0.15, 0.2) is 0 Å². The van der Waals surface area contributed by atoms with Crippen LogP contribution in [0.1, 0.15) is 44.9 Å². The molecule has 1 saturated carbocycles. The molecular formula is C12H23NO2. The summed E-state index contributed by atoms with van der Waals surface area (Å²) in [5.74, 6) is 0. The van der Waals surface area contributed by atoms with Gasteiger partial charge in [-0.15, -0.1) is 0 Å². The van der Waals surface area contributed by atoms with Crippen LogP contribution in [-0.4, -0.2) is 31.5 Å². The van der Waals surface area contributed by atoms with Crippen molar-refractivity contribution >= 4 is 0 Å². The number of rotatable bonds is 4. The van der Waals surface area contributed by atoms with Gasteiger partial charge >= 0.3 is 0 Å². The topological polar surface area (TPSA) is 44.5 Å². The molecule has 1 heterocycles. The molecule has 0 aromatic rings. The van der Waals surface area contributed by atoms with Gasteiger partial charge in [0, 0.05) is 6.54 Å². The van der Waals surface area contributed by atoms with Crippen LogP contribution in [0.3, 0.4) is 0 Å². The SMILES string of the molecule is NCCOCC1CCC2(CCCCC2)O1. The van der Waals surface area contributed by atoms with Gasteiger partial charge in [0.1, 0.15) is 0 Å². The largest absolute Gasteiger partial charge is 0.377 e. The van der Waals surface area contributed by atoms with Crippen molar-refractivity contribution < 1.29 is 9.47 Å². The van der Waals surface area contributed by atoms with E-state index < -0.39 is 0 Å². The lowest BCUT2D eigenvalue weighted by Crippen LogP contribution is -2.32. The Morgan fingerprint density at radius 3 is 2.73 bits per heavy atom. The maximum Gasteiger partial charge on any atom is 0.0817 e. The van der Waals surface area contributed by atoms with Crippen LogP contribution in [0.5, 0.6) is 0 Å². The highest BCUT2D eigenvalue weighted by Gasteiger charge is 2.40. The minimum Gasteiger partial charge on any atom is -0.377 e. The van der Waals surface area contributed by atoms with Gasteiger partial charge in [0.2, 0.25) is 0 Å². The second-order valence-electron chi connectivity index (χ2n) is 4.89. The highest BCUT2D eigenvalue weighted by Crippen LogP contribution is 2.41. The molecule has 0 aromatic carbocycles. The van der Waals surface area contributed by atoms with Crippen molar-refractivity contribution in [3.05, 3.63) is 0 Å². The van der Waals surface area contributed by atoms with E-state index in [0.29, 0.717) is 19.3 Å².